The molecule has 6 nitrogen and oxygen atoms in total. The van der Waals surface area contributed by atoms with Gasteiger partial charge in [-0.2, -0.15) is 4.90 Å². The first-order valence-corrected chi connectivity index (χ1v) is 8.37. The van der Waals surface area contributed by atoms with E-state index in [1.807, 2.05) is 30.3 Å². The highest BCUT2D eigenvalue weighted by Crippen LogP contribution is 2.16. The molecule has 134 valence electrons. The average Bonchev–Trinajstić information content (AvgIpc) is 3.06. The first-order chi connectivity index (χ1) is 11.8. The first-order valence-electron chi connectivity index (χ1n) is 8.37. The first kappa shape index (κ1) is 18.7. The Morgan fingerprint density at radius 1 is 1.08 bits per heavy atom. The van der Waals surface area contributed by atoms with Crippen molar-refractivity contribution in [2.24, 2.45) is 0 Å². The van der Waals surface area contributed by atoms with E-state index in [4.69, 9.17) is 4.74 Å². The summed E-state index contributed by atoms with van der Waals surface area (Å²) in [5.41, 5.74) is -0.00190. The number of likely N-dealkylation sites (tertiary alicyclic amines) is 1. The van der Waals surface area contributed by atoms with Gasteiger partial charge in [0.05, 0.1) is 0 Å². The SMILES string of the molecule is CC(C)(C)OC(=O)N(C(=O)/C=C/c1ccccc1)C(=O)N1CCCC1. The van der Waals surface area contributed by atoms with Crippen molar-refractivity contribution in [2.45, 2.75) is 39.2 Å². The Morgan fingerprint density at radius 3 is 2.24 bits per heavy atom. The molecule has 0 N–H and O–H groups in total. The fraction of sp³-hybridized carbons (Fsp3) is 0.421. The normalized spacial score (nSPS) is 14.6. The molecule has 1 aliphatic heterocycles. The number of hydrogen-bond acceptors (Lipinski definition) is 4. The van der Waals surface area contributed by atoms with E-state index in [9.17, 15) is 14.4 Å². The van der Waals surface area contributed by atoms with E-state index in [1.165, 1.54) is 11.0 Å². The van der Waals surface area contributed by atoms with Crippen molar-refractivity contribution >= 4 is 24.1 Å². The van der Waals surface area contributed by atoms with Crippen LogP contribution in [0.4, 0.5) is 9.59 Å². The Morgan fingerprint density at radius 2 is 1.68 bits per heavy atom. The van der Waals surface area contributed by atoms with Crippen LogP contribution in [0.25, 0.3) is 6.08 Å². The quantitative estimate of drug-likeness (QED) is 0.768. The van der Waals surface area contributed by atoms with Gasteiger partial charge in [0.15, 0.2) is 0 Å². The van der Waals surface area contributed by atoms with E-state index in [-0.39, 0.29) is 0 Å². The predicted molar refractivity (Wildman–Crippen MR) is 94.8 cm³/mol. The van der Waals surface area contributed by atoms with Gasteiger partial charge in [-0.05, 0) is 45.3 Å². The number of urea groups is 1. The molecule has 0 atom stereocenters. The highest BCUT2D eigenvalue weighted by atomic mass is 16.6. The molecule has 2 rings (SSSR count). The molecule has 1 heterocycles. The van der Waals surface area contributed by atoms with Gasteiger partial charge in [0, 0.05) is 19.2 Å². The highest BCUT2D eigenvalue weighted by Gasteiger charge is 2.35. The molecule has 1 fully saturated rings. The Hall–Kier alpha value is -2.63. The molecule has 0 aliphatic carbocycles. The third kappa shape index (κ3) is 5.45. The lowest BCUT2D eigenvalue weighted by molar-refractivity contribution is -0.123. The number of rotatable bonds is 2. The van der Waals surface area contributed by atoms with Crippen LogP contribution < -0.4 is 0 Å². The number of nitrogens with zero attached hydrogens (tertiary/aromatic N) is 2. The number of carbonyl (C=O) groups excluding carboxylic acids is 3. The van der Waals surface area contributed by atoms with Crippen LogP contribution in [0.5, 0.6) is 0 Å². The molecule has 0 bridgehead atoms. The fourth-order valence-electron chi connectivity index (χ4n) is 2.43. The van der Waals surface area contributed by atoms with Crippen molar-refractivity contribution in [1.29, 1.82) is 0 Å². The Labute approximate surface area is 148 Å². The molecular formula is C19H24N2O4. The number of amides is 4. The molecule has 1 aliphatic rings. The van der Waals surface area contributed by atoms with Gasteiger partial charge in [-0.1, -0.05) is 30.3 Å². The topological polar surface area (TPSA) is 66.9 Å². The molecule has 0 spiro atoms. The van der Waals surface area contributed by atoms with Gasteiger partial charge in [-0.3, -0.25) is 4.79 Å². The second kappa shape index (κ2) is 7.96. The summed E-state index contributed by atoms with van der Waals surface area (Å²) in [6.45, 7) is 6.14. The number of carbonyl (C=O) groups is 3. The van der Waals surface area contributed by atoms with Crippen LogP contribution in [0.3, 0.4) is 0 Å². The number of imide groups is 3. The predicted octanol–water partition coefficient (Wildman–Crippen LogP) is 3.68. The minimum Gasteiger partial charge on any atom is -0.443 e. The molecule has 1 aromatic rings. The zero-order valence-corrected chi connectivity index (χ0v) is 14.9. The number of ether oxygens (including phenoxy) is 1. The van der Waals surface area contributed by atoms with Crippen LogP contribution in [0.15, 0.2) is 36.4 Å². The number of hydrogen-bond donors (Lipinski definition) is 0. The van der Waals surface area contributed by atoms with Crippen molar-refractivity contribution in [3.05, 3.63) is 42.0 Å². The molecule has 4 amide bonds. The third-order valence-electron chi connectivity index (χ3n) is 3.58. The van der Waals surface area contributed by atoms with Crippen molar-refractivity contribution in [1.82, 2.24) is 9.80 Å². The Balaban J connectivity index is 2.20. The van der Waals surface area contributed by atoms with Gasteiger partial charge in [0.25, 0.3) is 5.91 Å². The maximum atomic E-state index is 12.6. The lowest BCUT2D eigenvalue weighted by Crippen LogP contribution is -2.49. The van der Waals surface area contributed by atoms with Gasteiger partial charge in [-0.25, -0.2) is 9.59 Å². The molecular weight excluding hydrogens is 320 g/mol. The minimum atomic E-state index is -0.952. The second-order valence-corrected chi connectivity index (χ2v) is 6.87. The Bertz CT molecular complexity index is 656. The van der Waals surface area contributed by atoms with Crippen molar-refractivity contribution in [2.75, 3.05) is 13.1 Å². The summed E-state index contributed by atoms with van der Waals surface area (Å²) < 4.78 is 5.24. The van der Waals surface area contributed by atoms with Crippen LogP contribution in [0.1, 0.15) is 39.2 Å². The van der Waals surface area contributed by atoms with E-state index >= 15 is 0 Å². The molecule has 0 unspecified atom stereocenters. The molecule has 0 radical (unpaired) electrons. The molecule has 1 aromatic carbocycles. The van der Waals surface area contributed by atoms with E-state index in [2.05, 4.69) is 0 Å². The zero-order valence-electron chi connectivity index (χ0n) is 14.9. The second-order valence-electron chi connectivity index (χ2n) is 6.87. The fourth-order valence-corrected chi connectivity index (χ4v) is 2.43. The lowest BCUT2D eigenvalue weighted by atomic mass is 10.2. The van der Waals surface area contributed by atoms with Gasteiger partial charge in [0.2, 0.25) is 0 Å². The molecule has 1 saturated heterocycles. The van der Waals surface area contributed by atoms with Crippen LogP contribution in [-0.2, 0) is 9.53 Å². The van der Waals surface area contributed by atoms with Gasteiger partial charge in [-0.15, -0.1) is 0 Å². The molecule has 25 heavy (non-hydrogen) atoms. The zero-order chi connectivity index (χ0) is 18.4. The van der Waals surface area contributed by atoms with Crippen LogP contribution in [0.2, 0.25) is 0 Å². The van der Waals surface area contributed by atoms with Gasteiger partial charge < -0.3 is 9.64 Å². The van der Waals surface area contributed by atoms with Gasteiger partial charge >= 0.3 is 12.1 Å². The van der Waals surface area contributed by atoms with E-state index < -0.39 is 23.6 Å². The number of benzene rings is 1. The van der Waals surface area contributed by atoms with E-state index in [1.54, 1.807) is 26.8 Å². The lowest BCUT2D eigenvalue weighted by Gasteiger charge is -2.27. The largest absolute Gasteiger partial charge is 0.443 e. The Kier molecular flexibility index (Phi) is 5.96. The van der Waals surface area contributed by atoms with Crippen LogP contribution in [0, 0.1) is 0 Å². The van der Waals surface area contributed by atoms with Crippen molar-refractivity contribution in [3.8, 4) is 0 Å². The van der Waals surface area contributed by atoms with Crippen LogP contribution in [-0.4, -0.2) is 46.5 Å². The summed E-state index contributed by atoms with van der Waals surface area (Å²) in [6.07, 6.45) is 3.56. The average molecular weight is 344 g/mol. The third-order valence-corrected chi connectivity index (χ3v) is 3.58. The summed E-state index contributed by atoms with van der Waals surface area (Å²) in [5.74, 6) is -0.713. The smallest absolute Gasteiger partial charge is 0.425 e. The van der Waals surface area contributed by atoms with Crippen LogP contribution >= 0.6 is 0 Å². The summed E-state index contributed by atoms with van der Waals surface area (Å²) in [4.78, 5) is 39.6. The molecule has 0 aromatic heterocycles. The summed E-state index contributed by atoms with van der Waals surface area (Å²) in [5, 5.41) is 0. The van der Waals surface area contributed by atoms with E-state index in [0.717, 1.165) is 18.4 Å². The highest BCUT2D eigenvalue weighted by molar-refractivity contribution is 6.13. The van der Waals surface area contributed by atoms with Gasteiger partial charge in [0.1, 0.15) is 5.60 Å². The summed E-state index contributed by atoms with van der Waals surface area (Å²) >= 11 is 0. The minimum absolute atomic E-state index is 0.536. The maximum Gasteiger partial charge on any atom is 0.425 e. The molecule has 0 saturated carbocycles. The monoisotopic (exact) mass is 344 g/mol. The standard InChI is InChI=1S/C19H24N2O4/c1-19(2,3)25-18(24)21(17(23)20-13-7-8-14-20)16(22)12-11-15-9-5-4-6-10-15/h4-6,9-12H,7-8,13-14H2,1-3H3/b12-11+. The maximum absolute atomic E-state index is 12.6. The van der Waals surface area contributed by atoms with Crippen molar-refractivity contribution in [3.63, 3.8) is 0 Å². The molecule has 6 heteroatoms. The van der Waals surface area contributed by atoms with Crippen molar-refractivity contribution < 1.29 is 19.1 Å². The summed E-state index contributed by atoms with van der Waals surface area (Å²) in [6, 6.07) is 8.56. The van der Waals surface area contributed by atoms with E-state index in [0.29, 0.717) is 18.0 Å². The summed E-state index contributed by atoms with van der Waals surface area (Å²) in [7, 11) is 0.